The highest BCUT2D eigenvalue weighted by atomic mass is 79.9. The summed E-state index contributed by atoms with van der Waals surface area (Å²) in [7, 11) is 0. The summed E-state index contributed by atoms with van der Waals surface area (Å²) in [4.78, 5) is 0. The van der Waals surface area contributed by atoms with Crippen LogP contribution in [0, 0.1) is 19.8 Å². The maximum Gasteiger partial charge on any atom is 0.0300 e. The number of halogens is 1. The van der Waals surface area contributed by atoms with Gasteiger partial charge in [-0.3, -0.25) is 0 Å². The third kappa shape index (κ3) is 4.06. The fourth-order valence-corrected chi connectivity index (χ4v) is 3.75. The van der Waals surface area contributed by atoms with Gasteiger partial charge in [0.2, 0.25) is 0 Å². The zero-order valence-corrected chi connectivity index (χ0v) is 13.8. The molecule has 1 saturated carbocycles. The van der Waals surface area contributed by atoms with E-state index >= 15 is 0 Å². The van der Waals surface area contributed by atoms with Crippen LogP contribution in [-0.2, 0) is 0 Å². The molecule has 0 bridgehead atoms. The summed E-state index contributed by atoms with van der Waals surface area (Å²) in [6.45, 7) is 4.32. The molecule has 0 saturated heterocycles. The highest BCUT2D eigenvalue weighted by Gasteiger charge is 2.18. The average Bonchev–Trinajstić information content (AvgIpc) is 2.62. The first-order valence-electron chi connectivity index (χ1n) is 7.60. The Morgan fingerprint density at radius 3 is 2.37 bits per heavy atom. The minimum atomic E-state index is 0.204. The molecule has 1 aliphatic carbocycles. The van der Waals surface area contributed by atoms with Crippen molar-refractivity contribution in [3.63, 3.8) is 0 Å². The standard InChI is InChI=1S/C17H26BrN/c1-12-10-16(18)13(2)9-15(12)17(19)11-14-7-5-3-4-6-8-14/h9-10,14,17H,3-8,11,19H2,1-2H3. The van der Waals surface area contributed by atoms with Gasteiger partial charge in [-0.15, -0.1) is 0 Å². The lowest BCUT2D eigenvalue weighted by Crippen LogP contribution is -2.16. The predicted octanol–water partition coefficient (Wildman–Crippen LogP) is 5.43. The monoisotopic (exact) mass is 323 g/mol. The van der Waals surface area contributed by atoms with Gasteiger partial charge in [0.05, 0.1) is 0 Å². The summed E-state index contributed by atoms with van der Waals surface area (Å²) in [6, 6.07) is 4.67. The van der Waals surface area contributed by atoms with E-state index in [0.29, 0.717) is 0 Å². The Morgan fingerprint density at radius 1 is 1.11 bits per heavy atom. The molecule has 0 amide bonds. The molecular formula is C17H26BrN. The van der Waals surface area contributed by atoms with Crippen LogP contribution in [0.1, 0.15) is 67.7 Å². The highest BCUT2D eigenvalue weighted by molar-refractivity contribution is 9.10. The number of hydrogen-bond donors (Lipinski definition) is 1. The fourth-order valence-electron chi connectivity index (χ4n) is 3.29. The van der Waals surface area contributed by atoms with E-state index in [1.165, 1.54) is 59.7 Å². The van der Waals surface area contributed by atoms with Crippen LogP contribution >= 0.6 is 15.9 Å². The fraction of sp³-hybridized carbons (Fsp3) is 0.647. The number of rotatable bonds is 3. The summed E-state index contributed by atoms with van der Waals surface area (Å²) in [6.07, 6.45) is 9.54. The lowest BCUT2D eigenvalue weighted by Gasteiger charge is -2.22. The molecule has 0 heterocycles. The van der Waals surface area contributed by atoms with Gasteiger partial charge in [-0.1, -0.05) is 60.5 Å². The third-order valence-corrected chi connectivity index (χ3v) is 5.36. The van der Waals surface area contributed by atoms with Crippen LogP contribution in [0.15, 0.2) is 16.6 Å². The average molecular weight is 324 g/mol. The van der Waals surface area contributed by atoms with Crippen LogP contribution in [0.2, 0.25) is 0 Å². The summed E-state index contributed by atoms with van der Waals surface area (Å²) in [5, 5.41) is 0. The Hall–Kier alpha value is -0.340. The molecule has 106 valence electrons. The molecule has 1 aromatic rings. The second-order valence-electron chi connectivity index (χ2n) is 6.16. The van der Waals surface area contributed by atoms with E-state index in [0.717, 1.165) is 12.3 Å². The lowest BCUT2D eigenvalue weighted by atomic mass is 9.88. The van der Waals surface area contributed by atoms with Crippen molar-refractivity contribution in [2.75, 3.05) is 0 Å². The van der Waals surface area contributed by atoms with Crippen LogP contribution < -0.4 is 5.73 Å². The Labute approximate surface area is 126 Å². The molecule has 0 aliphatic heterocycles. The van der Waals surface area contributed by atoms with Gasteiger partial charge >= 0.3 is 0 Å². The number of benzene rings is 1. The van der Waals surface area contributed by atoms with Crippen LogP contribution in [-0.4, -0.2) is 0 Å². The first-order valence-corrected chi connectivity index (χ1v) is 8.39. The van der Waals surface area contributed by atoms with Crippen LogP contribution in [0.4, 0.5) is 0 Å². The van der Waals surface area contributed by atoms with E-state index in [2.05, 4.69) is 41.9 Å². The molecule has 2 rings (SSSR count). The largest absolute Gasteiger partial charge is 0.324 e. The normalized spacial score (nSPS) is 19.2. The van der Waals surface area contributed by atoms with Crippen LogP contribution in [0.3, 0.4) is 0 Å². The number of aryl methyl sites for hydroxylation is 2. The van der Waals surface area contributed by atoms with Gasteiger partial charge in [0.25, 0.3) is 0 Å². The molecular weight excluding hydrogens is 298 g/mol. The molecule has 0 radical (unpaired) electrons. The molecule has 2 N–H and O–H groups in total. The van der Waals surface area contributed by atoms with Crippen LogP contribution in [0.5, 0.6) is 0 Å². The minimum Gasteiger partial charge on any atom is -0.324 e. The quantitative estimate of drug-likeness (QED) is 0.738. The van der Waals surface area contributed by atoms with Crippen molar-refractivity contribution in [3.8, 4) is 0 Å². The molecule has 1 aliphatic rings. The molecule has 1 nitrogen and oxygen atoms in total. The Kier molecular flexibility index (Phi) is 5.47. The van der Waals surface area contributed by atoms with Gasteiger partial charge in [-0.05, 0) is 48.9 Å². The first kappa shape index (κ1) is 15.1. The van der Waals surface area contributed by atoms with Crippen molar-refractivity contribution in [2.45, 2.75) is 64.8 Å². The molecule has 1 fully saturated rings. The summed E-state index contributed by atoms with van der Waals surface area (Å²) in [5.74, 6) is 0.834. The first-order chi connectivity index (χ1) is 9.08. The molecule has 1 aromatic carbocycles. The Morgan fingerprint density at radius 2 is 1.74 bits per heavy atom. The molecule has 19 heavy (non-hydrogen) atoms. The van der Waals surface area contributed by atoms with Gasteiger partial charge in [0.1, 0.15) is 0 Å². The molecule has 0 aromatic heterocycles. The van der Waals surface area contributed by atoms with Gasteiger partial charge in [0.15, 0.2) is 0 Å². The van der Waals surface area contributed by atoms with Gasteiger partial charge in [0, 0.05) is 10.5 Å². The minimum absolute atomic E-state index is 0.204. The summed E-state index contributed by atoms with van der Waals surface area (Å²) < 4.78 is 1.19. The number of nitrogens with two attached hydrogens (primary N) is 1. The smallest absolute Gasteiger partial charge is 0.0300 e. The summed E-state index contributed by atoms with van der Waals surface area (Å²) >= 11 is 3.60. The van der Waals surface area contributed by atoms with E-state index in [1.54, 1.807) is 0 Å². The van der Waals surface area contributed by atoms with Crippen molar-refractivity contribution in [2.24, 2.45) is 11.7 Å². The van der Waals surface area contributed by atoms with E-state index in [9.17, 15) is 0 Å². The van der Waals surface area contributed by atoms with Gasteiger partial charge < -0.3 is 5.73 Å². The molecule has 2 heteroatoms. The zero-order chi connectivity index (χ0) is 13.8. The van der Waals surface area contributed by atoms with E-state index in [-0.39, 0.29) is 6.04 Å². The van der Waals surface area contributed by atoms with Crippen molar-refractivity contribution in [1.29, 1.82) is 0 Å². The second-order valence-corrected chi connectivity index (χ2v) is 7.01. The SMILES string of the molecule is Cc1cc(C(N)CC2CCCCCC2)c(C)cc1Br. The molecule has 1 atom stereocenters. The lowest BCUT2D eigenvalue weighted by molar-refractivity contribution is 0.392. The zero-order valence-electron chi connectivity index (χ0n) is 12.2. The van der Waals surface area contributed by atoms with Crippen molar-refractivity contribution in [3.05, 3.63) is 33.3 Å². The highest BCUT2D eigenvalue weighted by Crippen LogP contribution is 2.32. The van der Waals surface area contributed by atoms with Gasteiger partial charge in [-0.2, -0.15) is 0 Å². The maximum atomic E-state index is 6.48. The van der Waals surface area contributed by atoms with Crippen LogP contribution in [0.25, 0.3) is 0 Å². The Bertz CT molecular complexity index is 420. The maximum absolute atomic E-state index is 6.48. The molecule has 0 spiro atoms. The topological polar surface area (TPSA) is 26.0 Å². The van der Waals surface area contributed by atoms with Crippen molar-refractivity contribution >= 4 is 15.9 Å². The van der Waals surface area contributed by atoms with Gasteiger partial charge in [-0.25, -0.2) is 0 Å². The predicted molar refractivity (Wildman–Crippen MR) is 86.4 cm³/mol. The third-order valence-electron chi connectivity index (χ3n) is 4.51. The van der Waals surface area contributed by atoms with E-state index < -0.39 is 0 Å². The van der Waals surface area contributed by atoms with E-state index in [1.807, 2.05) is 0 Å². The van der Waals surface area contributed by atoms with Crippen molar-refractivity contribution < 1.29 is 0 Å². The number of hydrogen-bond acceptors (Lipinski definition) is 1. The van der Waals surface area contributed by atoms with E-state index in [4.69, 9.17) is 5.73 Å². The Balaban J connectivity index is 2.06. The molecule has 1 unspecified atom stereocenters. The second kappa shape index (κ2) is 6.90. The van der Waals surface area contributed by atoms with Crippen molar-refractivity contribution in [1.82, 2.24) is 0 Å². The summed E-state index contributed by atoms with van der Waals surface area (Å²) in [5.41, 5.74) is 10.4.